The Kier molecular flexibility index (Phi) is 3.93. The number of nitrogens with zero attached hydrogens (tertiary/aromatic N) is 4. The smallest absolute Gasteiger partial charge is 0.205 e. The fraction of sp³-hybridized carbons (Fsp3) is 0.450. The number of rotatable bonds is 3. The van der Waals surface area contributed by atoms with Crippen LogP contribution in [0.15, 0.2) is 52.8 Å². The molecule has 1 aromatic carbocycles. The molecule has 0 spiro atoms. The fourth-order valence-electron chi connectivity index (χ4n) is 3.88. The van der Waals surface area contributed by atoms with Crippen molar-refractivity contribution in [1.29, 1.82) is 0 Å². The summed E-state index contributed by atoms with van der Waals surface area (Å²) in [7, 11) is 2.19. The maximum absolute atomic E-state index is 4.79. The standard InChI is InChI=1S/C20H26N4/c1-4-16-5-7-17(8-6-16)13-24-15(2)18-14-22(3)11-9-19(18)23-12-10-21-20(23)24/h5-8H,2,4,9-14H2,1,3H3. The molecule has 4 rings (SSSR count). The number of guanidine groups is 1. The topological polar surface area (TPSA) is 22.1 Å². The molecule has 3 heterocycles. The Morgan fingerprint density at radius 1 is 1.12 bits per heavy atom. The number of hydrogen-bond donors (Lipinski definition) is 0. The van der Waals surface area contributed by atoms with Gasteiger partial charge in [0.2, 0.25) is 5.96 Å². The van der Waals surface area contributed by atoms with E-state index in [4.69, 9.17) is 4.99 Å². The van der Waals surface area contributed by atoms with Crippen LogP contribution in [0, 0.1) is 0 Å². The van der Waals surface area contributed by atoms with Gasteiger partial charge in [0.15, 0.2) is 0 Å². The molecule has 4 nitrogen and oxygen atoms in total. The molecule has 3 aliphatic heterocycles. The van der Waals surface area contributed by atoms with Crippen LogP contribution in [0.5, 0.6) is 0 Å². The molecule has 0 saturated carbocycles. The Morgan fingerprint density at radius 3 is 2.62 bits per heavy atom. The van der Waals surface area contributed by atoms with Crippen LogP contribution < -0.4 is 0 Å². The van der Waals surface area contributed by atoms with E-state index in [1.165, 1.54) is 22.4 Å². The summed E-state index contributed by atoms with van der Waals surface area (Å²) in [6.07, 6.45) is 2.18. The summed E-state index contributed by atoms with van der Waals surface area (Å²) >= 11 is 0. The average molecular weight is 322 g/mol. The van der Waals surface area contributed by atoms with Crippen LogP contribution >= 0.6 is 0 Å². The Morgan fingerprint density at radius 2 is 1.88 bits per heavy atom. The first-order valence-corrected chi connectivity index (χ1v) is 8.94. The molecule has 0 fully saturated rings. The highest BCUT2D eigenvalue weighted by Crippen LogP contribution is 2.35. The van der Waals surface area contributed by atoms with Gasteiger partial charge in [0.05, 0.1) is 13.1 Å². The summed E-state index contributed by atoms with van der Waals surface area (Å²) in [5.41, 5.74) is 6.68. The van der Waals surface area contributed by atoms with Crippen molar-refractivity contribution in [3.63, 3.8) is 0 Å². The van der Waals surface area contributed by atoms with Crippen LogP contribution in [-0.4, -0.2) is 53.9 Å². The van der Waals surface area contributed by atoms with Gasteiger partial charge in [-0.2, -0.15) is 0 Å². The molecule has 24 heavy (non-hydrogen) atoms. The first-order chi connectivity index (χ1) is 11.7. The van der Waals surface area contributed by atoms with Crippen molar-refractivity contribution in [3.8, 4) is 0 Å². The molecule has 0 aliphatic carbocycles. The third kappa shape index (κ3) is 2.55. The second kappa shape index (κ2) is 6.10. The van der Waals surface area contributed by atoms with Gasteiger partial charge in [-0.1, -0.05) is 37.8 Å². The molecular formula is C20H26N4. The molecular weight excluding hydrogens is 296 g/mol. The zero-order chi connectivity index (χ0) is 16.7. The Hall–Kier alpha value is -2.07. The first kappa shape index (κ1) is 15.5. The predicted molar refractivity (Wildman–Crippen MR) is 98.7 cm³/mol. The molecule has 0 N–H and O–H groups in total. The van der Waals surface area contributed by atoms with E-state index in [0.29, 0.717) is 0 Å². The summed E-state index contributed by atoms with van der Waals surface area (Å²) < 4.78 is 0. The molecule has 4 heteroatoms. The minimum atomic E-state index is 0.846. The highest BCUT2D eigenvalue weighted by atomic mass is 15.4. The minimum absolute atomic E-state index is 0.846. The van der Waals surface area contributed by atoms with Crippen LogP contribution in [0.25, 0.3) is 0 Å². The second-order valence-corrected chi connectivity index (χ2v) is 6.95. The molecule has 0 unspecified atom stereocenters. The van der Waals surface area contributed by atoms with Gasteiger partial charge >= 0.3 is 0 Å². The summed E-state index contributed by atoms with van der Waals surface area (Å²) in [6, 6.07) is 8.94. The number of likely N-dealkylation sites (N-methyl/N-ethyl adjacent to an activating group) is 1. The predicted octanol–water partition coefficient (Wildman–Crippen LogP) is 2.84. The van der Waals surface area contributed by atoms with Gasteiger partial charge in [0, 0.05) is 43.0 Å². The summed E-state index contributed by atoms with van der Waals surface area (Å²) in [5, 5.41) is 0. The Bertz CT molecular complexity index is 714. The molecule has 1 aromatic rings. The van der Waals surface area contributed by atoms with Crippen molar-refractivity contribution < 1.29 is 0 Å². The van der Waals surface area contributed by atoms with Gasteiger partial charge in [-0.05, 0) is 24.6 Å². The highest BCUT2D eigenvalue weighted by molar-refractivity contribution is 5.88. The maximum atomic E-state index is 4.79. The summed E-state index contributed by atoms with van der Waals surface area (Å²) in [6.45, 7) is 11.5. The lowest BCUT2D eigenvalue weighted by molar-refractivity contribution is 0.294. The van der Waals surface area contributed by atoms with Crippen LogP contribution in [0.4, 0.5) is 0 Å². The van der Waals surface area contributed by atoms with E-state index in [1.54, 1.807) is 0 Å². The zero-order valence-electron chi connectivity index (χ0n) is 14.8. The third-order valence-electron chi connectivity index (χ3n) is 5.34. The van der Waals surface area contributed by atoms with Gasteiger partial charge < -0.3 is 14.7 Å². The van der Waals surface area contributed by atoms with E-state index in [1.807, 2.05) is 0 Å². The maximum Gasteiger partial charge on any atom is 0.205 e. The molecule has 0 radical (unpaired) electrons. The van der Waals surface area contributed by atoms with Crippen molar-refractivity contribution in [2.24, 2.45) is 4.99 Å². The lowest BCUT2D eigenvalue weighted by Crippen LogP contribution is -2.49. The van der Waals surface area contributed by atoms with Crippen LogP contribution in [-0.2, 0) is 13.0 Å². The molecule has 0 atom stereocenters. The molecule has 3 aliphatic rings. The van der Waals surface area contributed by atoms with E-state index in [0.717, 1.165) is 57.2 Å². The molecule has 0 aromatic heterocycles. The minimum Gasteiger partial charge on any atom is -0.314 e. The fourth-order valence-corrected chi connectivity index (χ4v) is 3.88. The van der Waals surface area contributed by atoms with Crippen LogP contribution in [0.1, 0.15) is 24.5 Å². The number of benzene rings is 1. The number of hydrogen-bond acceptors (Lipinski definition) is 4. The first-order valence-electron chi connectivity index (χ1n) is 8.94. The number of fused-ring (bicyclic) bond motifs is 2. The lowest BCUT2D eigenvalue weighted by atomic mass is 9.99. The zero-order valence-corrected chi connectivity index (χ0v) is 14.8. The second-order valence-electron chi connectivity index (χ2n) is 6.95. The van der Waals surface area contributed by atoms with E-state index >= 15 is 0 Å². The Balaban J connectivity index is 1.65. The molecule has 0 bridgehead atoms. The SMILES string of the molecule is C=C1C2=C(CCN(C)C2)N2CCN=C2N1Cc1ccc(CC)cc1. The Labute approximate surface area is 144 Å². The average Bonchev–Trinajstić information content (AvgIpc) is 3.08. The molecule has 0 amide bonds. The van der Waals surface area contributed by atoms with Gasteiger partial charge in [-0.25, -0.2) is 0 Å². The number of aryl methyl sites for hydroxylation is 1. The summed E-state index contributed by atoms with van der Waals surface area (Å²) in [4.78, 5) is 11.9. The number of aliphatic imine (C=N–C) groups is 1. The van der Waals surface area contributed by atoms with Crippen molar-refractivity contribution in [1.82, 2.24) is 14.7 Å². The van der Waals surface area contributed by atoms with Gasteiger partial charge in [0.25, 0.3) is 0 Å². The third-order valence-corrected chi connectivity index (χ3v) is 5.34. The van der Waals surface area contributed by atoms with Gasteiger partial charge in [0.1, 0.15) is 0 Å². The van der Waals surface area contributed by atoms with Crippen LogP contribution in [0.2, 0.25) is 0 Å². The van der Waals surface area contributed by atoms with Crippen molar-refractivity contribution in [2.75, 3.05) is 33.2 Å². The quantitative estimate of drug-likeness (QED) is 0.854. The lowest BCUT2D eigenvalue weighted by Gasteiger charge is -2.44. The monoisotopic (exact) mass is 322 g/mol. The van der Waals surface area contributed by atoms with E-state index in [2.05, 4.69) is 59.5 Å². The molecule has 126 valence electrons. The van der Waals surface area contributed by atoms with Crippen molar-refractivity contribution in [3.05, 3.63) is 58.9 Å². The normalized spacial score (nSPS) is 21.1. The largest absolute Gasteiger partial charge is 0.314 e. The van der Waals surface area contributed by atoms with Crippen molar-refractivity contribution in [2.45, 2.75) is 26.3 Å². The van der Waals surface area contributed by atoms with Crippen molar-refractivity contribution >= 4 is 5.96 Å². The van der Waals surface area contributed by atoms with E-state index in [9.17, 15) is 0 Å². The van der Waals surface area contributed by atoms with E-state index < -0.39 is 0 Å². The highest BCUT2D eigenvalue weighted by Gasteiger charge is 2.37. The van der Waals surface area contributed by atoms with Gasteiger partial charge in [-0.3, -0.25) is 4.99 Å². The summed E-state index contributed by atoms with van der Waals surface area (Å²) in [5.74, 6) is 1.10. The van der Waals surface area contributed by atoms with Crippen LogP contribution in [0.3, 0.4) is 0 Å². The van der Waals surface area contributed by atoms with E-state index in [-0.39, 0.29) is 0 Å². The molecule has 0 saturated heterocycles. The van der Waals surface area contributed by atoms with Gasteiger partial charge in [-0.15, -0.1) is 0 Å².